The number of alkyl halides is 3. The summed E-state index contributed by atoms with van der Waals surface area (Å²) in [5.41, 5.74) is 2.64. The predicted octanol–water partition coefficient (Wildman–Crippen LogP) is 7.93. The van der Waals surface area contributed by atoms with E-state index in [-0.39, 0.29) is 18.9 Å². The van der Waals surface area contributed by atoms with Gasteiger partial charge in [0.05, 0.1) is 18.6 Å². The van der Waals surface area contributed by atoms with Crippen molar-refractivity contribution in [2.24, 2.45) is 0 Å². The molecule has 1 amide bonds. The molecular weight excluding hydrogens is 519 g/mol. The van der Waals surface area contributed by atoms with Crippen LogP contribution in [-0.2, 0) is 17.4 Å². The monoisotopic (exact) mass is 555 g/mol. The first-order valence-electron chi connectivity index (χ1n) is 13.7. The molecule has 40 heavy (non-hydrogen) atoms. The highest BCUT2D eigenvalue weighted by molar-refractivity contribution is 5.94. The summed E-state index contributed by atoms with van der Waals surface area (Å²) in [6, 6.07) is 20.0. The van der Waals surface area contributed by atoms with Gasteiger partial charge in [-0.1, -0.05) is 68.5 Å². The number of carbonyl (C=O) groups is 2. The van der Waals surface area contributed by atoms with E-state index in [1.807, 2.05) is 36.4 Å². The highest BCUT2D eigenvalue weighted by Gasteiger charge is 2.29. The molecule has 214 valence electrons. The fourth-order valence-corrected chi connectivity index (χ4v) is 4.31. The van der Waals surface area contributed by atoms with Crippen molar-refractivity contribution >= 4 is 11.9 Å². The molecule has 2 N–H and O–H groups in total. The molecule has 5 nitrogen and oxygen atoms in total. The molecule has 0 fully saturated rings. The van der Waals surface area contributed by atoms with Gasteiger partial charge >= 0.3 is 12.1 Å². The van der Waals surface area contributed by atoms with Crippen molar-refractivity contribution in [3.05, 3.63) is 89.5 Å². The lowest BCUT2D eigenvalue weighted by Gasteiger charge is -2.09. The van der Waals surface area contributed by atoms with Gasteiger partial charge in [-0.15, -0.1) is 0 Å². The molecule has 8 heteroatoms. The highest BCUT2D eigenvalue weighted by atomic mass is 19.4. The predicted molar refractivity (Wildman–Crippen MR) is 149 cm³/mol. The van der Waals surface area contributed by atoms with Gasteiger partial charge in [0.15, 0.2) is 0 Å². The Balaban J connectivity index is 1.21. The second-order valence-corrected chi connectivity index (χ2v) is 9.77. The maximum atomic E-state index is 12.7. The van der Waals surface area contributed by atoms with Crippen LogP contribution in [0.4, 0.5) is 13.2 Å². The van der Waals surface area contributed by atoms with Gasteiger partial charge in [-0.3, -0.25) is 9.59 Å². The van der Waals surface area contributed by atoms with Gasteiger partial charge in [-0.2, -0.15) is 13.2 Å². The third kappa shape index (κ3) is 10.8. The lowest BCUT2D eigenvalue weighted by atomic mass is 10.0. The zero-order valence-electron chi connectivity index (χ0n) is 22.5. The first-order valence-corrected chi connectivity index (χ1v) is 13.7. The number of hydrogen-bond donors (Lipinski definition) is 2. The van der Waals surface area contributed by atoms with E-state index in [9.17, 15) is 22.8 Å². The van der Waals surface area contributed by atoms with Gasteiger partial charge < -0.3 is 15.2 Å². The van der Waals surface area contributed by atoms with Crippen LogP contribution in [0.1, 0.15) is 72.9 Å². The van der Waals surface area contributed by atoms with Gasteiger partial charge in [-0.05, 0) is 72.4 Å². The van der Waals surface area contributed by atoms with E-state index in [1.165, 1.54) is 30.5 Å². The minimum absolute atomic E-state index is 0.0919. The summed E-state index contributed by atoms with van der Waals surface area (Å²) < 4.78 is 44.0. The van der Waals surface area contributed by atoms with Crippen molar-refractivity contribution in [1.29, 1.82) is 0 Å². The summed E-state index contributed by atoms with van der Waals surface area (Å²) >= 11 is 0. The maximum absolute atomic E-state index is 12.7. The van der Waals surface area contributed by atoms with Crippen LogP contribution in [0.25, 0.3) is 11.1 Å². The second-order valence-electron chi connectivity index (χ2n) is 9.77. The van der Waals surface area contributed by atoms with Gasteiger partial charge in [0, 0.05) is 12.1 Å². The standard InChI is InChI=1S/C32H36F3NO4/c33-32(34,35)28-17-13-25(14-18-28)26-15-19-29(20-16-26)40-23-7-5-3-1-2-4-6-8-24-9-11-27(12-10-24)31(39)36-22-21-30(37)38/h9-20H,1-8,21-23H2,(H,36,39)(H,37,38). The van der Waals surface area contributed by atoms with E-state index in [2.05, 4.69) is 5.32 Å². The normalized spacial score (nSPS) is 11.3. The molecule has 0 aromatic heterocycles. The van der Waals surface area contributed by atoms with Crippen LogP contribution in [0.3, 0.4) is 0 Å². The number of halogens is 3. The van der Waals surface area contributed by atoms with Crippen LogP contribution < -0.4 is 10.1 Å². The average Bonchev–Trinajstić information content (AvgIpc) is 2.94. The molecule has 3 aromatic carbocycles. The van der Waals surface area contributed by atoms with Crippen LogP contribution >= 0.6 is 0 Å². The molecule has 0 aliphatic rings. The molecule has 0 saturated heterocycles. The summed E-state index contributed by atoms with van der Waals surface area (Å²) in [7, 11) is 0. The SMILES string of the molecule is O=C(O)CCNC(=O)c1ccc(CCCCCCCCCOc2ccc(-c3ccc(C(F)(F)F)cc3)cc2)cc1. The topological polar surface area (TPSA) is 75.6 Å². The van der Waals surface area contributed by atoms with Gasteiger partial charge in [0.2, 0.25) is 0 Å². The Morgan fingerprint density at radius 3 is 1.85 bits per heavy atom. The van der Waals surface area contributed by atoms with Crippen LogP contribution in [0.2, 0.25) is 0 Å². The van der Waals surface area contributed by atoms with E-state index in [4.69, 9.17) is 9.84 Å². The number of ether oxygens (including phenoxy) is 1. The molecule has 0 bridgehead atoms. The zero-order chi connectivity index (χ0) is 28.8. The number of carboxylic acid groups (broad SMARTS) is 1. The Bertz CT molecular complexity index is 1190. The number of benzene rings is 3. The molecule has 0 atom stereocenters. The molecule has 3 aromatic rings. The quantitative estimate of drug-likeness (QED) is 0.176. The summed E-state index contributed by atoms with van der Waals surface area (Å²) in [4.78, 5) is 22.5. The van der Waals surface area contributed by atoms with Crippen molar-refractivity contribution < 1.29 is 32.6 Å². The molecule has 0 heterocycles. The Morgan fingerprint density at radius 2 is 1.27 bits per heavy atom. The first kappa shape index (κ1) is 30.7. The smallest absolute Gasteiger partial charge is 0.416 e. The third-order valence-corrected chi connectivity index (χ3v) is 6.62. The Hall–Kier alpha value is -3.81. The van der Waals surface area contributed by atoms with Crippen LogP contribution in [0, 0.1) is 0 Å². The fourth-order valence-electron chi connectivity index (χ4n) is 4.31. The lowest BCUT2D eigenvalue weighted by molar-refractivity contribution is -0.138. The number of aliphatic carboxylic acids is 1. The highest BCUT2D eigenvalue weighted by Crippen LogP contribution is 2.31. The van der Waals surface area contributed by atoms with Gasteiger partial charge in [0.1, 0.15) is 5.75 Å². The van der Waals surface area contributed by atoms with Gasteiger partial charge in [0.25, 0.3) is 5.91 Å². The molecule has 0 saturated carbocycles. The minimum Gasteiger partial charge on any atom is -0.494 e. The van der Waals surface area contributed by atoms with Crippen molar-refractivity contribution in [2.75, 3.05) is 13.2 Å². The van der Waals surface area contributed by atoms with Gasteiger partial charge in [-0.25, -0.2) is 0 Å². The largest absolute Gasteiger partial charge is 0.494 e. The van der Waals surface area contributed by atoms with Crippen LogP contribution in [0.5, 0.6) is 5.75 Å². The number of hydrogen-bond acceptors (Lipinski definition) is 3. The average molecular weight is 556 g/mol. The lowest BCUT2D eigenvalue weighted by Crippen LogP contribution is -2.25. The molecule has 0 radical (unpaired) electrons. The van der Waals surface area contributed by atoms with Crippen molar-refractivity contribution in [3.63, 3.8) is 0 Å². The summed E-state index contributed by atoms with van der Waals surface area (Å²) in [6.45, 7) is 0.751. The van der Waals surface area contributed by atoms with Crippen LogP contribution in [0.15, 0.2) is 72.8 Å². The number of carboxylic acids is 1. The number of aryl methyl sites for hydroxylation is 1. The molecule has 0 spiro atoms. The molecular formula is C32H36F3NO4. The van der Waals surface area contributed by atoms with E-state index >= 15 is 0 Å². The fraction of sp³-hybridized carbons (Fsp3) is 0.375. The van der Waals surface area contributed by atoms with Crippen molar-refractivity contribution in [1.82, 2.24) is 5.32 Å². The number of carbonyl (C=O) groups excluding carboxylic acids is 1. The molecule has 3 rings (SSSR count). The number of nitrogens with one attached hydrogen (secondary N) is 1. The maximum Gasteiger partial charge on any atom is 0.416 e. The van der Waals surface area contributed by atoms with E-state index in [0.717, 1.165) is 67.5 Å². The summed E-state index contributed by atoms with van der Waals surface area (Å²) in [6.07, 6.45) is 4.36. The number of rotatable bonds is 16. The van der Waals surface area contributed by atoms with Crippen LogP contribution in [-0.4, -0.2) is 30.1 Å². The van der Waals surface area contributed by atoms with Crippen molar-refractivity contribution in [2.45, 2.75) is 64.0 Å². The molecule has 0 aliphatic carbocycles. The van der Waals surface area contributed by atoms with E-state index in [1.54, 1.807) is 12.1 Å². The molecule has 0 unspecified atom stereocenters. The van der Waals surface area contributed by atoms with Crippen molar-refractivity contribution in [3.8, 4) is 16.9 Å². The van der Waals surface area contributed by atoms with E-state index in [0.29, 0.717) is 12.2 Å². The third-order valence-electron chi connectivity index (χ3n) is 6.62. The van der Waals surface area contributed by atoms with E-state index < -0.39 is 17.7 Å². The number of amides is 1. The number of unbranched alkanes of at least 4 members (excludes halogenated alkanes) is 6. The first-order chi connectivity index (χ1) is 19.2. The second kappa shape index (κ2) is 15.7. The summed E-state index contributed by atoms with van der Waals surface area (Å²) in [5.74, 6) is -0.442. The minimum atomic E-state index is -4.33. The zero-order valence-corrected chi connectivity index (χ0v) is 22.5. The Morgan fingerprint density at radius 1 is 0.725 bits per heavy atom. The Labute approximate surface area is 233 Å². The molecule has 0 aliphatic heterocycles. The Kier molecular flexibility index (Phi) is 12.1. The summed E-state index contributed by atoms with van der Waals surface area (Å²) in [5, 5.41) is 11.2.